The van der Waals surface area contributed by atoms with Crippen LogP contribution in [0.2, 0.25) is 0 Å². The number of carbonyl (C=O) groups is 1. The van der Waals surface area contributed by atoms with Gasteiger partial charge in [-0.1, -0.05) is 0 Å². The van der Waals surface area contributed by atoms with Crippen LogP contribution in [0.15, 0.2) is 10.9 Å². The summed E-state index contributed by atoms with van der Waals surface area (Å²) in [7, 11) is -3.46. The molecule has 0 aromatic carbocycles. The molecule has 0 aliphatic carbocycles. The lowest BCUT2D eigenvalue weighted by Gasteiger charge is -2.41. The number of aliphatic hydroxyl groups excluding tert-OH is 1. The monoisotopic (exact) mass is 335 g/mol. The zero-order chi connectivity index (χ0) is 15.7. The van der Waals surface area contributed by atoms with Gasteiger partial charge in [-0.25, -0.2) is 18.1 Å². The minimum Gasteiger partial charge on any atom is -0.388 e. The highest BCUT2D eigenvalue weighted by atomic mass is 32.2. The maximum absolute atomic E-state index is 12.1. The lowest BCUT2D eigenvalue weighted by atomic mass is 9.88. The van der Waals surface area contributed by atoms with E-state index < -0.39 is 21.7 Å². The van der Waals surface area contributed by atoms with Crippen molar-refractivity contribution in [3.05, 3.63) is 16.6 Å². The van der Waals surface area contributed by atoms with Gasteiger partial charge in [0.05, 0.1) is 11.8 Å². The molecule has 1 fully saturated rings. The lowest BCUT2D eigenvalue weighted by molar-refractivity contribution is -0.107. The fraction of sp³-hybridized carbons (Fsp3) is 0.636. The molecule has 0 saturated carbocycles. The summed E-state index contributed by atoms with van der Waals surface area (Å²) in [5.74, 6) is -0.312. The normalized spacial score (nSPS) is 26.8. The maximum atomic E-state index is 12.1. The van der Waals surface area contributed by atoms with E-state index in [-0.39, 0.29) is 32.0 Å². The fourth-order valence-electron chi connectivity index (χ4n) is 2.09. The van der Waals surface area contributed by atoms with Gasteiger partial charge < -0.3 is 15.1 Å². The number of β-amino-alcohol motifs (C(OH)–C–C–N with tert-alkyl or cyclic N) is 1. The van der Waals surface area contributed by atoms with Crippen molar-refractivity contribution < 1.29 is 23.4 Å². The van der Waals surface area contributed by atoms with Gasteiger partial charge in [0.25, 0.3) is 5.91 Å². The molecule has 0 radical (unpaired) electrons. The van der Waals surface area contributed by atoms with E-state index in [0.717, 1.165) is 6.26 Å². The molecule has 118 valence electrons. The Morgan fingerprint density at radius 3 is 2.90 bits per heavy atom. The third-order valence-corrected chi connectivity index (χ3v) is 4.66. The average Bonchev–Trinajstić information content (AvgIpc) is 2.92. The Labute approximate surface area is 126 Å². The first-order valence-electron chi connectivity index (χ1n) is 6.24. The number of piperidine rings is 1. The molecule has 1 amide bonds. The molecule has 10 heteroatoms. The Bertz CT molecular complexity index is 603. The Balaban J connectivity index is 2.00. The van der Waals surface area contributed by atoms with Gasteiger partial charge in [-0.05, 0) is 6.42 Å². The van der Waals surface area contributed by atoms with Crippen LogP contribution >= 0.6 is 11.3 Å². The highest BCUT2D eigenvalue weighted by Gasteiger charge is 2.42. The molecule has 21 heavy (non-hydrogen) atoms. The summed E-state index contributed by atoms with van der Waals surface area (Å²) in [5, 5.41) is 22.0. The van der Waals surface area contributed by atoms with E-state index in [1.165, 1.54) is 16.2 Å². The highest BCUT2D eigenvalue weighted by Crippen LogP contribution is 2.23. The van der Waals surface area contributed by atoms with E-state index in [9.17, 15) is 23.4 Å². The topological polar surface area (TPSA) is 120 Å². The molecule has 1 saturated heterocycles. The zero-order valence-electron chi connectivity index (χ0n) is 11.4. The molecular weight excluding hydrogens is 318 g/mol. The third kappa shape index (κ3) is 3.98. The minimum absolute atomic E-state index is 0.0711. The van der Waals surface area contributed by atoms with Crippen LogP contribution in [-0.4, -0.2) is 72.0 Å². The highest BCUT2D eigenvalue weighted by molar-refractivity contribution is 7.88. The molecule has 0 spiro atoms. The first-order valence-corrected chi connectivity index (χ1v) is 9.07. The second-order valence-electron chi connectivity index (χ2n) is 5.09. The summed E-state index contributed by atoms with van der Waals surface area (Å²) in [6.45, 7) is -0.139. The van der Waals surface area contributed by atoms with E-state index in [0.29, 0.717) is 5.69 Å². The van der Waals surface area contributed by atoms with Gasteiger partial charge in [0.15, 0.2) is 0 Å². The van der Waals surface area contributed by atoms with Crippen LogP contribution in [0.4, 0.5) is 0 Å². The lowest BCUT2D eigenvalue weighted by Crippen LogP contribution is -2.61. The smallest absolute Gasteiger partial charge is 0.273 e. The number of hydrogen-bond acceptors (Lipinski definition) is 7. The number of aromatic nitrogens is 1. The average molecular weight is 335 g/mol. The van der Waals surface area contributed by atoms with Gasteiger partial charge in [-0.3, -0.25) is 4.79 Å². The number of carbonyl (C=O) groups excluding carboxylic acids is 1. The summed E-state index contributed by atoms with van der Waals surface area (Å²) < 4.78 is 24.3. The largest absolute Gasteiger partial charge is 0.388 e. The van der Waals surface area contributed by atoms with E-state index in [1.54, 1.807) is 10.9 Å². The number of nitrogens with one attached hydrogen (secondary N) is 1. The van der Waals surface area contributed by atoms with Crippen molar-refractivity contribution in [2.75, 3.05) is 25.9 Å². The van der Waals surface area contributed by atoms with E-state index >= 15 is 0 Å². The van der Waals surface area contributed by atoms with Gasteiger partial charge in [-0.15, -0.1) is 11.3 Å². The summed E-state index contributed by atoms with van der Waals surface area (Å²) in [6, 6.07) is 0. The summed E-state index contributed by atoms with van der Waals surface area (Å²) in [4.78, 5) is 17.4. The second kappa shape index (κ2) is 5.97. The number of aliphatic hydroxyl groups is 2. The predicted octanol–water partition coefficient (Wildman–Crippen LogP) is -1.37. The third-order valence-electron chi connectivity index (χ3n) is 3.41. The summed E-state index contributed by atoms with van der Waals surface area (Å²) in [5.41, 5.74) is 0.258. The number of likely N-dealkylation sites (tertiary alicyclic amines) is 1. The molecule has 1 aliphatic rings. The van der Waals surface area contributed by atoms with Crippen molar-refractivity contribution in [2.24, 2.45) is 0 Å². The molecule has 0 unspecified atom stereocenters. The summed E-state index contributed by atoms with van der Waals surface area (Å²) in [6.07, 6.45) is -0.181. The van der Waals surface area contributed by atoms with Crippen molar-refractivity contribution in [2.45, 2.75) is 18.1 Å². The second-order valence-corrected chi connectivity index (χ2v) is 7.64. The van der Waals surface area contributed by atoms with Crippen molar-refractivity contribution in [3.8, 4) is 0 Å². The van der Waals surface area contributed by atoms with E-state index in [1.807, 2.05) is 0 Å². The Kier molecular flexibility index (Phi) is 4.63. The van der Waals surface area contributed by atoms with Gasteiger partial charge in [-0.2, -0.15) is 0 Å². The molecule has 1 aromatic rings. The molecular formula is C11H17N3O5S2. The van der Waals surface area contributed by atoms with Crippen LogP contribution in [0.25, 0.3) is 0 Å². The number of hydrogen-bond donors (Lipinski definition) is 3. The van der Waals surface area contributed by atoms with Gasteiger partial charge in [0.2, 0.25) is 10.0 Å². The first-order chi connectivity index (χ1) is 9.71. The Hall–Kier alpha value is -1.07. The van der Waals surface area contributed by atoms with Crippen molar-refractivity contribution in [3.63, 3.8) is 0 Å². The summed E-state index contributed by atoms with van der Waals surface area (Å²) >= 11 is 1.30. The SMILES string of the molecule is CS(=O)(=O)NC[C@]1(O)CCN(C(=O)c2cscn2)C[C@H]1O. The standard InChI is InChI=1S/C11H17N3O5S2/c1-21(18,19)13-6-11(17)2-3-14(4-9(11)15)10(16)8-5-20-7-12-8/h5,7,9,13,15,17H,2-4,6H2,1H3/t9-,11-/m1/s1. The number of rotatable bonds is 4. The maximum Gasteiger partial charge on any atom is 0.273 e. The van der Waals surface area contributed by atoms with Crippen LogP contribution in [0.5, 0.6) is 0 Å². The minimum atomic E-state index is -3.46. The molecule has 2 atom stereocenters. The molecule has 1 aromatic heterocycles. The van der Waals surface area contributed by atoms with Crippen LogP contribution in [0.3, 0.4) is 0 Å². The molecule has 8 nitrogen and oxygen atoms in total. The van der Waals surface area contributed by atoms with Crippen LogP contribution < -0.4 is 4.72 Å². The van der Waals surface area contributed by atoms with Crippen molar-refractivity contribution in [1.29, 1.82) is 0 Å². The molecule has 0 bridgehead atoms. The van der Waals surface area contributed by atoms with Crippen LogP contribution in [-0.2, 0) is 10.0 Å². The van der Waals surface area contributed by atoms with Crippen molar-refractivity contribution >= 4 is 27.3 Å². The van der Waals surface area contributed by atoms with Crippen molar-refractivity contribution in [1.82, 2.24) is 14.6 Å². The van der Waals surface area contributed by atoms with Crippen LogP contribution in [0.1, 0.15) is 16.9 Å². The fourth-order valence-corrected chi connectivity index (χ4v) is 3.13. The number of sulfonamides is 1. The predicted molar refractivity (Wildman–Crippen MR) is 76.4 cm³/mol. The Morgan fingerprint density at radius 2 is 2.38 bits per heavy atom. The van der Waals surface area contributed by atoms with E-state index in [4.69, 9.17) is 0 Å². The number of nitrogens with zero attached hydrogens (tertiary/aromatic N) is 2. The van der Waals surface area contributed by atoms with Gasteiger partial charge in [0.1, 0.15) is 17.4 Å². The van der Waals surface area contributed by atoms with Gasteiger partial charge in [0, 0.05) is 25.0 Å². The number of amides is 1. The Morgan fingerprint density at radius 1 is 1.67 bits per heavy atom. The molecule has 2 heterocycles. The van der Waals surface area contributed by atoms with E-state index in [2.05, 4.69) is 9.71 Å². The van der Waals surface area contributed by atoms with Crippen LogP contribution in [0, 0.1) is 0 Å². The molecule has 2 rings (SSSR count). The molecule has 3 N–H and O–H groups in total. The zero-order valence-corrected chi connectivity index (χ0v) is 13.0. The number of thiazole rings is 1. The van der Waals surface area contributed by atoms with Gasteiger partial charge >= 0.3 is 0 Å². The molecule has 1 aliphatic heterocycles. The quantitative estimate of drug-likeness (QED) is 0.624. The first kappa shape index (κ1) is 16.3.